The first-order valence-electron chi connectivity index (χ1n) is 7.80. The predicted molar refractivity (Wildman–Crippen MR) is 80.9 cm³/mol. The fraction of sp³-hybridized carbons (Fsp3) is 0.647. The summed E-state index contributed by atoms with van der Waals surface area (Å²) in [4.78, 5) is 2.61. The Kier molecular flexibility index (Phi) is 3.88. The number of rotatable bonds is 3. The largest absolute Gasteiger partial charge is 0.496 e. The van der Waals surface area contributed by atoms with E-state index in [1.165, 1.54) is 43.5 Å². The smallest absolute Gasteiger partial charge is 0.126 e. The lowest BCUT2D eigenvalue weighted by Crippen LogP contribution is -2.49. The van der Waals surface area contributed by atoms with E-state index in [-0.39, 0.29) is 0 Å². The zero-order valence-electron chi connectivity index (χ0n) is 12.8. The minimum Gasteiger partial charge on any atom is -0.496 e. The van der Waals surface area contributed by atoms with Crippen LogP contribution in [0.2, 0.25) is 0 Å². The van der Waals surface area contributed by atoms with Crippen molar-refractivity contribution in [1.82, 2.24) is 4.90 Å². The van der Waals surface area contributed by atoms with Gasteiger partial charge in [-0.25, -0.2) is 0 Å². The standard InChI is InChI=1S/C17H25NO2/c1-4-7-18-8-5-6-13-14(18)11-20-16-10-12(2)9-15(19-3)17(13)16/h9-10,13-14H,4-8,11H2,1-3H3/t13-,14+/m0/s1. The normalized spacial score (nSPS) is 25.6. The number of benzene rings is 1. The molecule has 0 saturated carbocycles. The van der Waals surface area contributed by atoms with Crippen LogP contribution in [-0.4, -0.2) is 37.7 Å². The first-order valence-corrected chi connectivity index (χ1v) is 7.80. The van der Waals surface area contributed by atoms with Crippen molar-refractivity contribution in [1.29, 1.82) is 0 Å². The minimum atomic E-state index is 0.521. The fourth-order valence-corrected chi connectivity index (χ4v) is 3.81. The predicted octanol–water partition coefficient (Wildman–Crippen LogP) is 3.35. The van der Waals surface area contributed by atoms with Gasteiger partial charge in [0, 0.05) is 11.5 Å². The molecule has 2 atom stereocenters. The van der Waals surface area contributed by atoms with Gasteiger partial charge in [0.2, 0.25) is 0 Å². The average Bonchev–Trinajstić information content (AvgIpc) is 2.46. The molecule has 0 spiro atoms. The van der Waals surface area contributed by atoms with Gasteiger partial charge in [-0.3, -0.25) is 4.90 Å². The molecule has 3 nitrogen and oxygen atoms in total. The molecule has 0 unspecified atom stereocenters. The van der Waals surface area contributed by atoms with Crippen LogP contribution >= 0.6 is 0 Å². The molecular formula is C17H25NO2. The van der Waals surface area contributed by atoms with Gasteiger partial charge in [0.1, 0.15) is 18.1 Å². The maximum Gasteiger partial charge on any atom is 0.126 e. The second-order valence-corrected chi connectivity index (χ2v) is 6.04. The zero-order valence-corrected chi connectivity index (χ0v) is 12.8. The highest BCUT2D eigenvalue weighted by atomic mass is 16.5. The molecule has 2 aliphatic heterocycles. The minimum absolute atomic E-state index is 0.521. The molecular weight excluding hydrogens is 250 g/mol. The number of piperidine rings is 1. The lowest BCUT2D eigenvalue weighted by atomic mass is 9.81. The first-order chi connectivity index (χ1) is 9.74. The molecule has 1 fully saturated rings. The van der Waals surface area contributed by atoms with Gasteiger partial charge in [-0.2, -0.15) is 0 Å². The van der Waals surface area contributed by atoms with Crippen molar-refractivity contribution in [2.24, 2.45) is 0 Å². The summed E-state index contributed by atoms with van der Waals surface area (Å²) in [5, 5.41) is 0. The summed E-state index contributed by atoms with van der Waals surface area (Å²) in [6.07, 6.45) is 3.74. The quantitative estimate of drug-likeness (QED) is 0.844. The molecule has 1 aromatic rings. The van der Waals surface area contributed by atoms with Crippen LogP contribution in [-0.2, 0) is 0 Å². The van der Waals surface area contributed by atoms with Gasteiger partial charge in [0.05, 0.1) is 13.2 Å². The molecule has 20 heavy (non-hydrogen) atoms. The van der Waals surface area contributed by atoms with E-state index >= 15 is 0 Å². The van der Waals surface area contributed by atoms with Crippen molar-refractivity contribution < 1.29 is 9.47 Å². The van der Waals surface area contributed by atoms with Crippen molar-refractivity contribution in [2.45, 2.75) is 45.1 Å². The van der Waals surface area contributed by atoms with Crippen LogP contribution in [0.3, 0.4) is 0 Å². The Hall–Kier alpha value is -1.22. The van der Waals surface area contributed by atoms with E-state index in [4.69, 9.17) is 9.47 Å². The van der Waals surface area contributed by atoms with E-state index in [1.54, 1.807) is 7.11 Å². The van der Waals surface area contributed by atoms with Crippen LogP contribution in [0.5, 0.6) is 11.5 Å². The Balaban J connectivity index is 1.98. The van der Waals surface area contributed by atoms with Gasteiger partial charge >= 0.3 is 0 Å². The van der Waals surface area contributed by atoms with Crippen LogP contribution < -0.4 is 9.47 Å². The number of fused-ring (bicyclic) bond motifs is 3. The van der Waals surface area contributed by atoms with Crippen LogP contribution in [0, 0.1) is 6.92 Å². The average molecular weight is 275 g/mol. The monoisotopic (exact) mass is 275 g/mol. The van der Waals surface area contributed by atoms with E-state index in [2.05, 4.69) is 30.9 Å². The van der Waals surface area contributed by atoms with Crippen LogP contribution in [0.4, 0.5) is 0 Å². The number of methoxy groups -OCH3 is 1. The number of likely N-dealkylation sites (tertiary alicyclic amines) is 1. The fourth-order valence-electron chi connectivity index (χ4n) is 3.81. The summed E-state index contributed by atoms with van der Waals surface area (Å²) in [6.45, 7) is 7.56. The van der Waals surface area contributed by atoms with E-state index < -0.39 is 0 Å². The van der Waals surface area contributed by atoms with Crippen molar-refractivity contribution >= 4 is 0 Å². The topological polar surface area (TPSA) is 21.7 Å². The van der Waals surface area contributed by atoms with Gasteiger partial charge in [0.25, 0.3) is 0 Å². The summed E-state index contributed by atoms with van der Waals surface area (Å²) in [6, 6.07) is 4.82. The second kappa shape index (κ2) is 5.65. The van der Waals surface area contributed by atoms with Gasteiger partial charge in [-0.15, -0.1) is 0 Å². The molecule has 0 radical (unpaired) electrons. The van der Waals surface area contributed by atoms with Gasteiger partial charge in [0.15, 0.2) is 0 Å². The molecule has 2 aliphatic rings. The lowest BCUT2D eigenvalue weighted by Gasteiger charge is -2.44. The molecule has 1 saturated heterocycles. The molecule has 110 valence electrons. The zero-order chi connectivity index (χ0) is 14.1. The van der Waals surface area contributed by atoms with E-state index in [0.29, 0.717) is 12.0 Å². The summed E-state index contributed by atoms with van der Waals surface area (Å²) >= 11 is 0. The van der Waals surface area contributed by atoms with Gasteiger partial charge in [-0.05, 0) is 57.0 Å². The third-order valence-electron chi connectivity index (χ3n) is 4.65. The van der Waals surface area contributed by atoms with E-state index in [1.807, 2.05) is 0 Å². The SMILES string of the molecule is CCCN1CCC[C@@H]2c3c(OC)cc(C)cc3OC[C@H]21. The molecule has 0 N–H and O–H groups in total. The number of hydrogen-bond donors (Lipinski definition) is 0. The highest BCUT2D eigenvalue weighted by molar-refractivity contribution is 5.52. The van der Waals surface area contributed by atoms with Gasteiger partial charge < -0.3 is 9.47 Å². The highest BCUT2D eigenvalue weighted by Gasteiger charge is 2.39. The maximum atomic E-state index is 6.07. The second-order valence-electron chi connectivity index (χ2n) is 6.04. The maximum absolute atomic E-state index is 6.07. The Labute approximate surface area is 121 Å². The summed E-state index contributed by atoms with van der Waals surface area (Å²) in [7, 11) is 1.77. The Morgan fingerprint density at radius 2 is 2.25 bits per heavy atom. The molecule has 0 aliphatic carbocycles. The van der Waals surface area contributed by atoms with Crippen LogP contribution in [0.15, 0.2) is 12.1 Å². The molecule has 3 rings (SSSR count). The number of ether oxygens (including phenoxy) is 2. The summed E-state index contributed by atoms with van der Waals surface area (Å²) in [5.74, 6) is 2.61. The number of nitrogens with zero attached hydrogens (tertiary/aromatic N) is 1. The van der Waals surface area contributed by atoms with Crippen LogP contribution in [0.25, 0.3) is 0 Å². The third-order valence-corrected chi connectivity index (χ3v) is 4.65. The van der Waals surface area contributed by atoms with Crippen molar-refractivity contribution in [3.63, 3.8) is 0 Å². The van der Waals surface area contributed by atoms with Crippen molar-refractivity contribution in [3.05, 3.63) is 23.3 Å². The molecule has 0 aromatic heterocycles. The van der Waals surface area contributed by atoms with Gasteiger partial charge in [-0.1, -0.05) is 6.92 Å². The van der Waals surface area contributed by atoms with E-state index in [9.17, 15) is 0 Å². The third kappa shape index (κ3) is 2.28. The Morgan fingerprint density at radius 1 is 1.40 bits per heavy atom. The first kappa shape index (κ1) is 13.7. The van der Waals surface area contributed by atoms with Crippen LogP contribution in [0.1, 0.15) is 43.2 Å². The highest BCUT2D eigenvalue weighted by Crippen LogP contribution is 2.46. The number of aryl methyl sites for hydroxylation is 1. The summed E-state index contributed by atoms with van der Waals surface area (Å²) in [5.41, 5.74) is 2.51. The van der Waals surface area contributed by atoms with Crippen molar-refractivity contribution in [3.8, 4) is 11.5 Å². The molecule has 3 heteroatoms. The van der Waals surface area contributed by atoms with Crippen molar-refractivity contribution in [2.75, 3.05) is 26.8 Å². The Bertz CT molecular complexity index is 467. The number of hydrogen-bond acceptors (Lipinski definition) is 3. The van der Waals surface area contributed by atoms with E-state index in [0.717, 1.165) is 18.1 Å². The molecule has 2 heterocycles. The molecule has 0 bridgehead atoms. The lowest BCUT2D eigenvalue weighted by molar-refractivity contribution is 0.0645. The summed E-state index contributed by atoms with van der Waals surface area (Å²) < 4.78 is 11.7. The molecule has 1 aromatic carbocycles. The molecule has 0 amide bonds. The Morgan fingerprint density at radius 3 is 3.00 bits per heavy atom.